The molecule has 0 aliphatic carbocycles. The van der Waals surface area contributed by atoms with Gasteiger partial charge in [0.1, 0.15) is 0 Å². The topological polar surface area (TPSA) is 30.5 Å². The standard InChI is InChI=1S/C12H25NO2/c1-10(7-12(2,3)14-4)13-8-11-5-6-15-9-11/h10-11,13H,5-9H2,1-4H3. The van der Waals surface area contributed by atoms with Gasteiger partial charge in [-0.25, -0.2) is 0 Å². The fourth-order valence-electron chi connectivity index (χ4n) is 2.01. The van der Waals surface area contributed by atoms with Gasteiger partial charge in [-0.05, 0) is 39.5 Å². The van der Waals surface area contributed by atoms with Gasteiger partial charge in [-0.15, -0.1) is 0 Å². The minimum absolute atomic E-state index is 0.0292. The van der Waals surface area contributed by atoms with E-state index in [0.29, 0.717) is 12.0 Å². The summed E-state index contributed by atoms with van der Waals surface area (Å²) in [6, 6.07) is 0.501. The first-order chi connectivity index (χ1) is 7.03. The summed E-state index contributed by atoms with van der Waals surface area (Å²) in [5.41, 5.74) is -0.0292. The monoisotopic (exact) mass is 215 g/mol. The van der Waals surface area contributed by atoms with Crippen molar-refractivity contribution in [2.75, 3.05) is 26.9 Å². The third-order valence-corrected chi connectivity index (χ3v) is 3.13. The van der Waals surface area contributed by atoms with Crippen LogP contribution in [0.1, 0.15) is 33.6 Å². The average molecular weight is 215 g/mol. The molecular formula is C12H25NO2. The van der Waals surface area contributed by atoms with Crippen LogP contribution in [0.3, 0.4) is 0 Å². The molecule has 15 heavy (non-hydrogen) atoms. The van der Waals surface area contributed by atoms with Crippen LogP contribution >= 0.6 is 0 Å². The Balaban J connectivity index is 2.15. The van der Waals surface area contributed by atoms with Gasteiger partial charge < -0.3 is 14.8 Å². The summed E-state index contributed by atoms with van der Waals surface area (Å²) in [7, 11) is 1.78. The third kappa shape index (κ3) is 4.96. The molecule has 3 heteroatoms. The van der Waals surface area contributed by atoms with Crippen LogP contribution in [-0.4, -0.2) is 38.5 Å². The van der Waals surface area contributed by atoms with Crippen molar-refractivity contribution < 1.29 is 9.47 Å². The van der Waals surface area contributed by atoms with E-state index in [0.717, 1.165) is 26.2 Å². The first kappa shape index (κ1) is 12.9. The fourth-order valence-corrected chi connectivity index (χ4v) is 2.01. The van der Waals surface area contributed by atoms with Crippen LogP contribution in [0.5, 0.6) is 0 Å². The maximum absolute atomic E-state index is 5.42. The van der Waals surface area contributed by atoms with Crippen LogP contribution in [0, 0.1) is 5.92 Å². The van der Waals surface area contributed by atoms with Crippen LogP contribution in [-0.2, 0) is 9.47 Å². The highest BCUT2D eigenvalue weighted by Gasteiger charge is 2.21. The summed E-state index contributed by atoms with van der Waals surface area (Å²) in [5, 5.41) is 3.55. The van der Waals surface area contributed by atoms with Crippen LogP contribution in [0.4, 0.5) is 0 Å². The molecule has 1 fully saturated rings. The van der Waals surface area contributed by atoms with E-state index in [-0.39, 0.29) is 5.60 Å². The van der Waals surface area contributed by atoms with Crippen molar-refractivity contribution in [2.24, 2.45) is 5.92 Å². The lowest BCUT2D eigenvalue weighted by atomic mass is 9.99. The van der Waals surface area contributed by atoms with Crippen molar-refractivity contribution in [3.05, 3.63) is 0 Å². The number of hydrogen-bond donors (Lipinski definition) is 1. The molecule has 0 bridgehead atoms. The van der Waals surface area contributed by atoms with E-state index in [1.165, 1.54) is 6.42 Å². The summed E-state index contributed by atoms with van der Waals surface area (Å²) >= 11 is 0. The molecule has 0 saturated carbocycles. The van der Waals surface area contributed by atoms with Crippen LogP contribution in [0.2, 0.25) is 0 Å². The fraction of sp³-hybridized carbons (Fsp3) is 1.00. The minimum atomic E-state index is -0.0292. The third-order valence-electron chi connectivity index (χ3n) is 3.13. The minimum Gasteiger partial charge on any atom is -0.381 e. The molecule has 1 aliphatic heterocycles. The SMILES string of the molecule is COC(C)(C)CC(C)NCC1CCOC1. The number of nitrogens with one attached hydrogen (secondary N) is 1. The highest BCUT2D eigenvalue weighted by atomic mass is 16.5. The summed E-state index contributed by atoms with van der Waals surface area (Å²) in [4.78, 5) is 0. The molecule has 0 aromatic rings. The van der Waals surface area contributed by atoms with Crippen LogP contribution < -0.4 is 5.32 Å². The highest BCUT2D eigenvalue weighted by Crippen LogP contribution is 2.16. The molecular weight excluding hydrogens is 190 g/mol. The number of methoxy groups -OCH3 is 1. The molecule has 0 aromatic heterocycles. The molecule has 2 unspecified atom stereocenters. The molecule has 1 aliphatic rings. The molecule has 1 rings (SSSR count). The summed E-state index contributed by atoms with van der Waals surface area (Å²) < 4.78 is 10.8. The number of rotatable bonds is 6. The maximum atomic E-state index is 5.42. The van der Waals surface area contributed by atoms with Crippen molar-refractivity contribution in [1.82, 2.24) is 5.32 Å². The van der Waals surface area contributed by atoms with Gasteiger partial charge in [-0.3, -0.25) is 0 Å². The lowest BCUT2D eigenvalue weighted by Crippen LogP contribution is -2.38. The van der Waals surface area contributed by atoms with E-state index in [2.05, 4.69) is 26.1 Å². The van der Waals surface area contributed by atoms with E-state index in [1.54, 1.807) is 7.11 Å². The first-order valence-corrected chi connectivity index (χ1v) is 5.90. The smallest absolute Gasteiger partial charge is 0.0637 e. The normalized spacial score (nSPS) is 24.4. The molecule has 1 N–H and O–H groups in total. The quantitative estimate of drug-likeness (QED) is 0.733. The van der Waals surface area contributed by atoms with E-state index in [1.807, 2.05) is 0 Å². The predicted molar refractivity (Wildman–Crippen MR) is 62.1 cm³/mol. The Hall–Kier alpha value is -0.120. The van der Waals surface area contributed by atoms with Gasteiger partial charge in [0, 0.05) is 26.3 Å². The highest BCUT2D eigenvalue weighted by molar-refractivity contribution is 4.77. The Morgan fingerprint density at radius 3 is 2.80 bits per heavy atom. The van der Waals surface area contributed by atoms with Crippen LogP contribution in [0.15, 0.2) is 0 Å². The van der Waals surface area contributed by atoms with Crippen molar-refractivity contribution >= 4 is 0 Å². The Bertz CT molecular complexity index is 176. The number of ether oxygens (including phenoxy) is 2. The largest absolute Gasteiger partial charge is 0.381 e. The molecule has 0 spiro atoms. The van der Waals surface area contributed by atoms with Crippen molar-refractivity contribution in [2.45, 2.75) is 45.3 Å². The zero-order valence-electron chi connectivity index (χ0n) is 10.5. The van der Waals surface area contributed by atoms with E-state index in [9.17, 15) is 0 Å². The molecule has 90 valence electrons. The van der Waals surface area contributed by atoms with Gasteiger partial charge in [-0.1, -0.05) is 0 Å². The van der Waals surface area contributed by atoms with Gasteiger partial charge in [0.25, 0.3) is 0 Å². The van der Waals surface area contributed by atoms with E-state index < -0.39 is 0 Å². The average Bonchev–Trinajstić information content (AvgIpc) is 2.66. The Kier molecular flexibility index (Phi) is 5.03. The lowest BCUT2D eigenvalue weighted by Gasteiger charge is -2.27. The van der Waals surface area contributed by atoms with Crippen molar-refractivity contribution in [1.29, 1.82) is 0 Å². The van der Waals surface area contributed by atoms with Gasteiger partial charge in [0.15, 0.2) is 0 Å². The molecule has 3 nitrogen and oxygen atoms in total. The van der Waals surface area contributed by atoms with Gasteiger partial charge >= 0.3 is 0 Å². The summed E-state index contributed by atoms with van der Waals surface area (Å²) in [6.07, 6.45) is 2.24. The second-order valence-corrected chi connectivity index (χ2v) is 5.21. The van der Waals surface area contributed by atoms with E-state index in [4.69, 9.17) is 9.47 Å². The molecule has 0 radical (unpaired) electrons. The van der Waals surface area contributed by atoms with Crippen LogP contribution in [0.25, 0.3) is 0 Å². The van der Waals surface area contributed by atoms with E-state index >= 15 is 0 Å². The second-order valence-electron chi connectivity index (χ2n) is 5.21. The Morgan fingerprint density at radius 2 is 2.27 bits per heavy atom. The summed E-state index contributed by atoms with van der Waals surface area (Å²) in [5.74, 6) is 0.707. The lowest BCUT2D eigenvalue weighted by molar-refractivity contribution is 0.00829. The second kappa shape index (κ2) is 5.83. The summed E-state index contributed by atoms with van der Waals surface area (Å²) in [6.45, 7) is 9.41. The maximum Gasteiger partial charge on any atom is 0.0637 e. The van der Waals surface area contributed by atoms with Gasteiger partial charge in [-0.2, -0.15) is 0 Å². The Morgan fingerprint density at radius 1 is 1.53 bits per heavy atom. The Labute approximate surface area is 93.5 Å². The zero-order chi connectivity index (χ0) is 11.3. The molecule has 0 amide bonds. The molecule has 1 saturated heterocycles. The zero-order valence-corrected chi connectivity index (χ0v) is 10.5. The van der Waals surface area contributed by atoms with Gasteiger partial charge in [0.05, 0.1) is 12.2 Å². The molecule has 1 heterocycles. The first-order valence-electron chi connectivity index (χ1n) is 5.90. The number of hydrogen-bond acceptors (Lipinski definition) is 3. The van der Waals surface area contributed by atoms with Gasteiger partial charge in [0.2, 0.25) is 0 Å². The van der Waals surface area contributed by atoms with Crippen molar-refractivity contribution in [3.63, 3.8) is 0 Å². The predicted octanol–water partition coefficient (Wildman–Crippen LogP) is 1.82. The molecule has 0 aromatic carbocycles. The van der Waals surface area contributed by atoms with Crippen molar-refractivity contribution in [3.8, 4) is 0 Å². The molecule has 2 atom stereocenters.